The Bertz CT molecular complexity index is 898. The highest BCUT2D eigenvalue weighted by Gasteiger charge is 2.47. The first-order valence-corrected chi connectivity index (χ1v) is 9.33. The maximum atomic E-state index is 12.9. The monoisotopic (exact) mass is 368 g/mol. The molecule has 2 bridgehead atoms. The van der Waals surface area contributed by atoms with Crippen LogP contribution in [-0.4, -0.2) is 53.2 Å². The van der Waals surface area contributed by atoms with Crippen LogP contribution >= 0.6 is 0 Å². The average Bonchev–Trinajstić information content (AvgIpc) is 3.25. The number of anilines is 1. The number of nitrogens with two attached hydrogens (primary N) is 1. The molecule has 140 valence electrons. The fourth-order valence-electron chi connectivity index (χ4n) is 4.98. The topological polar surface area (TPSA) is 113 Å². The Labute approximate surface area is 155 Å². The molecule has 4 amide bonds. The first-order chi connectivity index (χ1) is 13.0. The molecule has 3 N–H and O–H groups in total. The molecule has 4 aliphatic rings. The van der Waals surface area contributed by atoms with Crippen LogP contribution in [0.4, 0.5) is 5.69 Å². The van der Waals surface area contributed by atoms with Crippen molar-refractivity contribution in [3.8, 4) is 0 Å². The van der Waals surface area contributed by atoms with Crippen molar-refractivity contribution in [2.45, 2.75) is 43.8 Å². The molecular formula is C19H20N4O4. The normalized spacial score (nSPS) is 32.3. The number of carbonyl (C=O) groups excluding carboxylic acids is 4. The molecule has 2 saturated heterocycles. The maximum Gasteiger partial charge on any atom is 0.262 e. The molecule has 1 aliphatic carbocycles. The first-order valence-electron chi connectivity index (χ1n) is 9.33. The Kier molecular flexibility index (Phi) is 3.42. The molecule has 0 aromatic heterocycles. The van der Waals surface area contributed by atoms with E-state index in [1.54, 1.807) is 12.1 Å². The van der Waals surface area contributed by atoms with Gasteiger partial charge in [0.2, 0.25) is 11.8 Å². The van der Waals surface area contributed by atoms with E-state index in [1.807, 2.05) is 6.07 Å². The summed E-state index contributed by atoms with van der Waals surface area (Å²) >= 11 is 0. The van der Waals surface area contributed by atoms with E-state index >= 15 is 0 Å². The number of nitrogens with zero attached hydrogens (tertiary/aromatic N) is 2. The lowest BCUT2D eigenvalue weighted by Crippen LogP contribution is -2.54. The molecule has 3 aliphatic heterocycles. The number of imide groups is 2. The van der Waals surface area contributed by atoms with Gasteiger partial charge in [-0.05, 0) is 43.4 Å². The van der Waals surface area contributed by atoms with E-state index in [2.05, 4.69) is 10.2 Å². The Balaban J connectivity index is 1.45. The van der Waals surface area contributed by atoms with Gasteiger partial charge >= 0.3 is 0 Å². The van der Waals surface area contributed by atoms with Gasteiger partial charge < -0.3 is 10.6 Å². The van der Waals surface area contributed by atoms with E-state index in [1.165, 1.54) is 0 Å². The molecule has 1 unspecified atom stereocenters. The standard InChI is InChI=1S/C19H20N4O4/c20-16-9-1-4-13(16)22(8-9)10-2-3-11-12(7-10)19(27)23(18(11)26)14-5-6-15(24)21-17(14)25/h2-3,7,9,13-14,16H,1,4-6,8,20H2,(H,21,24,25)/t9-,13-,14?,16-/m1/s1. The van der Waals surface area contributed by atoms with Gasteiger partial charge in [0.25, 0.3) is 11.8 Å². The van der Waals surface area contributed by atoms with Crippen molar-refractivity contribution in [1.29, 1.82) is 0 Å². The predicted molar refractivity (Wildman–Crippen MR) is 94.9 cm³/mol. The Morgan fingerprint density at radius 3 is 2.44 bits per heavy atom. The van der Waals surface area contributed by atoms with Crippen molar-refractivity contribution in [1.82, 2.24) is 10.2 Å². The number of benzene rings is 1. The van der Waals surface area contributed by atoms with Crippen molar-refractivity contribution in [2.75, 3.05) is 11.4 Å². The summed E-state index contributed by atoms with van der Waals surface area (Å²) in [7, 11) is 0. The lowest BCUT2D eigenvalue weighted by atomic mass is 10.0. The van der Waals surface area contributed by atoms with Gasteiger partial charge in [-0.3, -0.25) is 29.4 Å². The molecule has 1 saturated carbocycles. The number of fused-ring (bicyclic) bond motifs is 3. The van der Waals surface area contributed by atoms with Crippen LogP contribution in [0.1, 0.15) is 46.4 Å². The van der Waals surface area contributed by atoms with Crippen molar-refractivity contribution in [2.24, 2.45) is 11.7 Å². The van der Waals surface area contributed by atoms with Gasteiger partial charge in [0.15, 0.2) is 0 Å². The molecular weight excluding hydrogens is 348 g/mol. The molecule has 0 spiro atoms. The van der Waals surface area contributed by atoms with Gasteiger partial charge in [0, 0.05) is 30.7 Å². The summed E-state index contributed by atoms with van der Waals surface area (Å²) in [6, 6.07) is 4.74. The second-order valence-corrected chi connectivity index (χ2v) is 7.81. The molecule has 8 nitrogen and oxygen atoms in total. The zero-order chi connectivity index (χ0) is 18.9. The van der Waals surface area contributed by atoms with Crippen molar-refractivity contribution < 1.29 is 19.2 Å². The smallest absolute Gasteiger partial charge is 0.262 e. The van der Waals surface area contributed by atoms with Crippen LogP contribution in [0.25, 0.3) is 0 Å². The van der Waals surface area contributed by atoms with E-state index < -0.39 is 23.8 Å². The van der Waals surface area contributed by atoms with Crippen LogP contribution in [-0.2, 0) is 9.59 Å². The Morgan fingerprint density at radius 1 is 1.00 bits per heavy atom. The van der Waals surface area contributed by atoms with Crippen LogP contribution in [0.2, 0.25) is 0 Å². The molecule has 5 rings (SSSR count). The van der Waals surface area contributed by atoms with E-state index in [4.69, 9.17) is 5.73 Å². The van der Waals surface area contributed by atoms with Gasteiger partial charge in [0.05, 0.1) is 11.1 Å². The van der Waals surface area contributed by atoms with E-state index in [-0.39, 0.29) is 30.8 Å². The SMILES string of the molecule is N[C@@H]1[C@@H]2CC[C@H]1N(c1ccc3c(c1)C(=O)N(C1CCC(=O)NC1=O)C3=O)C2. The summed E-state index contributed by atoms with van der Waals surface area (Å²) in [5, 5.41) is 2.21. The lowest BCUT2D eigenvalue weighted by Gasteiger charge is -2.29. The molecule has 1 aromatic rings. The summed E-state index contributed by atoms with van der Waals surface area (Å²) in [5.41, 5.74) is 7.79. The third kappa shape index (κ3) is 2.26. The molecule has 8 heteroatoms. The maximum absolute atomic E-state index is 12.9. The Morgan fingerprint density at radius 2 is 1.78 bits per heavy atom. The number of nitrogens with one attached hydrogen (secondary N) is 1. The highest BCUT2D eigenvalue weighted by atomic mass is 16.2. The number of carbonyl (C=O) groups is 4. The minimum absolute atomic E-state index is 0.115. The van der Waals surface area contributed by atoms with Crippen LogP contribution in [0.3, 0.4) is 0 Å². The van der Waals surface area contributed by atoms with Crippen molar-refractivity contribution in [3.05, 3.63) is 29.3 Å². The summed E-state index contributed by atoms with van der Waals surface area (Å²) in [5.74, 6) is -1.45. The van der Waals surface area contributed by atoms with Gasteiger partial charge in [-0.2, -0.15) is 0 Å². The summed E-state index contributed by atoms with van der Waals surface area (Å²) in [4.78, 5) is 52.4. The highest BCUT2D eigenvalue weighted by molar-refractivity contribution is 6.23. The predicted octanol–water partition coefficient (Wildman–Crippen LogP) is 0.0137. The summed E-state index contributed by atoms with van der Waals surface area (Å²) < 4.78 is 0. The molecule has 0 radical (unpaired) electrons. The summed E-state index contributed by atoms with van der Waals surface area (Å²) in [6.07, 6.45) is 2.45. The molecule has 3 fully saturated rings. The largest absolute Gasteiger partial charge is 0.367 e. The zero-order valence-corrected chi connectivity index (χ0v) is 14.7. The van der Waals surface area contributed by atoms with Crippen molar-refractivity contribution >= 4 is 29.3 Å². The Hall–Kier alpha value is -2.74. The van der Waals surface area contributed by atoms with Crippen LogP contribution in [0.15, 0.2) is 18.2 Å². The van der Waals surface area contributed by atoms with Crippen LogP contribution in [0, 0.1) is 5.92 Å². The number of hydrogen-bond acceptors (Lipinski definition) is 6. The minimum atomic E-state index is -0.935. The first kappa shape index (κ1) is 16.4. The summed E-state index contributed by atoms with van der Waals surface area (Å²) in [6.45, 7) is 0.865. The van der Waals surface area contributed by atoms with Crippen molar-refractivity contribution in [3.63, 3.8) is 0 Å². The number of piperidine rings is 2. The second kappa shape index (κ2) is 5.63. The van der Waals surface area contributed by atoms with Gasteiger partial charge in [-0.1, -0.05) is 0 Å². The van der Waals surface area contributed by atoms with Crippen LogP contribution < -0.4 is 16.0 Å². The van der Waals surface area contributed by atoms with E-state index in [0.717, 1.165) is 30.0 Å². The minimum Gasteiger partial charge on any atom is -0.367 e. The quantitative estimate of drug-likeness (QED) is 0.712. The fourth-order valence-corrected chi connectivity index (χ4v) is 4.98. The highest BCUT2D eigenvalue weighted by Crippen LogP contribution is 2.40. The van der Waals surface area contributed by atoms with Gasteiger partial charge in [0.1, 0.15) is 6.04 Å². The molecule has 27 heavy (non-hydrogen) atoms. The fraction of sp³-hybridized carbons (Fsp3) is 0.474. The second-order valence-electron chi connectivity index (χ2n) is 7.81. The number of rotatable bonds is 2. The number of hydrogen-bond donors (Lipinski definition) is 2. The van der Waals surface area contributed by atoms with E-state index in [0.29, 0.717) is 17.0 Å². The molecule has 4 atom stereocenters. The number of amides is 4. The third-order valence-corrected chi connectivity index (χ3v) is 6.41. The average molecular weight is 368 g/mol. The van der Waals surface area contributed by atoms with Crippen LogP contribution in [0.5, 0.6) is 0 Å². The lowest BCUT2D eigenvalue weighted by molar-refractivity contribution is -0.136. The molecule has 1 aromatic carbocycles. The van der Waals surface area contributed by atoms with E-state index in [9.17, 15) is 19.2 Å². The zero-order valence-electron chi connectivity index (χ0n) is 14.7. The van der Waals surface area contributed by atoms with Gasteiger partial charge in [-0.15, -0.1) is 0 Å². The van der Waals surface area contributed by atoms with Gasteiger partial charge in [-0.25, -0.2) is 0 Å². The molecule has 3 heterocycles. The third-order valence-electron chi connectivity index (χ3n) is 6.41.